The first-order valence-electron chi connectivity index (χ1n) is 8.64. The zero-order valence-electron chi connectivity index (χ0n) is 15.6. The Labute approximate surface area is 165 Å². The zero-order chi connectivity index (χ0) is 20.0. The number of nitrogens with zero attached hydrogens (tertiary/aromatic N) is 3. The number of fused-ring (bicyclic) bond motifs is 1. The smallest absolute Gasteiger partial charge is 0.330 e. The molecule has 28 heavy (non-hydrogen) atoms. The molecule has 0 amide bonds. The van der Waals surface area contributed by atoms with Gasteiger partial charge < -0.3 is 9.30 Å². The molecule has 0 aliphatic carbocycles. The van der Waals surface area contributed by atoms with E-state index >= 15 is 0 Å². The maximum Gasteiger partial charge on any atom is 0.330 e. The van der Waals surface area contributed by atoms with Crippen molar-refractivity contribution >= 4 is 22.5 Å². The van der Waals surface area contributed by atoms with Crippen molar-refractivity contribution in [2.75, 3.05) is 7.11 Å². The topological polar surface area (TPSA) is 58.2 Å². The van der Waals surface area contributed by atoms with E-state index in [9.17, 15) is 9.59 Å². The fourth-order valence-corrected chi connectivity index (χ4v) is 3.68. The highest BCUT2D eigenvalue weighted by Crippen LogP contribution is 2.33. The summed E-state index contributed by atoms with van der Waals surface area (Å²) in [6, 6.07) is 15.0. The summed E-state index contributed by atoms with van der Waals surface area (Å²) in [6.07, 6.45) is 1.79. The Bertz CT molecular complexity index is 1320. The maximum atomic E-state index is 13.0. The quantitative estimate of drug-likeness (QED) is 0.534. The summed E-state index contributed by atoms with van der Waals surface area (Å²) in [7, 11) is 4.70. The molecule has 0 bridgehead atoms. The van der Waals surface area contributed by atoms with Crippen LogP contribution in [0.25, 0.3) is 27.8 Å². The van der Waals surface area contributed by atoms with E-state index in [2.05, 4.69) is 0 Å². The molecule has 142 valence electrons. The Morgan fingerprint density at radius 1 is 0.964 bits per heavy atom. The Morgan fingerprint density at radius 3 is 2.32 bits per heavy atom. The molecule has 0 aliphatic rings. The molecular formula is C21H18ClN3O3. The van der Waals surface area contributed by atoms with Crippen LogP contribution in [0.1, 0.15) is 0 Å². The minimum absolute atomic E-state index is 0.338. The number of aryl methyl sites for hydroxylation is 1. The van der Waals surface area contributed by atoms with Gasteiger partial charge in [-0.05, 0) is 23.8 Å². The van der Waals surface area contributed by atoms with Crippen molar-refractivity contribution < 1.29 is 4.74 Å². The van der Waals surface area contributed by atoms with Crippen LogP contribution in [0.5, 0.6) is 5.75 Å². The van der Waals surface area contributed by atoms with Crippen molar-refractivity contribution in [1.82, 2.24) is 13.7 Å². The monoisotopic (exact) mass is 395 g/mol. The number of rotatable bonds is 3. The van der Waals surface area contributed by atoms with Gasteiger partial charge in [0, 0.05) is 26.0 Å². The molecule has 0 aliphatic heterocycles. The number of aromatic nitrogens is 3. The number of benzene rings is 2. The van der Waals surface area contributed by atoms with Crippen LogP contribution < -0.4 is 16.0 Å². The van der Waals surface area contributed by atoms with E-state index in [0.717, 1.165) is 15.8 Å². The summed E-state index contributed by atoms with van der Waals surface area (Å²) >= 11 is 6.33. The lowest BCUT2D eigenvalue weighted by Gasteiger charge is -2.12. The van der Waals surface area contributed by atoms with Gasteiger partial charge in [-0.3, -0.25) is 13.9 Å². The first kappa shape index (κ1) is 18.1. The predicted octanol–water partition coefficient (Wildman–Crippen LogP) is 3.36. The zero-order valence-corrected chi connectivity index (χ0v) is 16.4. The van der Waals surface area contributed by atoms with Crippen molar-refractivity contribution in [2.24, 2.45) is 14.1 Å². The van der Waals surface area contributed by atoms with Crippen LogP contribution in [0, 0.1) is 0 Å². The second kappa shape index (κ2) is 6.73. The normalized spacial score (nSPS) is 11.1. The molecule has 2 aromatic carbocycles. The van der Waals surface area contributed by atoms with E-state index < -0.39 is 0 Å². The van der Waals surface area contributed by atoms with Gasteiger partial charge in [0.1, 0.15) is 5.75 Å². The van der Waals surface area contributed by atoms with E-state index in [1.165, 1.54) is 11.6 Å². The molecular weight excluding hydrogens is 378 g/mol. The fourth-order valence-electron chi connectivity index (χ4n) is 3.43. The maximum absolute atomic E-state index is 13.0. The van der Waals surface area contributed by atoms with Crippen LogP contribution in [0.4, 0.5) is 0 Å². The molecule has 2 heterocycles. The van der Waals surface area contributed by atoms with Gasteiger partial charge in [-0.15, -0.1) is 0 Å². The molecule has 4 aromatic rings. The lowest BCUT2D eigenvalue weighted by Crippen LogP contribution is -2.36. The molecule has 0 unspecified atom stereocenters. The summed E-state index contributed by atoms with van der Waals surface area (Å²) < 4.78 is 9.72. The van der Waals surface area contributed by atoms with Crippen molar-refractivity contribution in [3.8, 4) is 22.7 Å². The molecule has 4 rings (SSSR count). The average Bonchev–Trinajstić information content (AvgIpc) is 3.12. The molecule has 0 atom stereocenters. The van der Waals surface area contributed by atoms with Crippen LogP contribution in [0.3, 0.4) is 0 Å². The first-order chi connectivity index (χ1) is 13.4. The number of ether oxygens (including phenoxy) is 1. The van der Waals surface area contributed by atoms with E-state index in [1.54, 1.807) is 32.5 Å². The molecule has 0 saturated carbocycles. The fraction of sp³-hybridized carbons (Fsp3) is 0.143. The molecule has 0 spiro atoms. The Balaban J connectivity index is 2.17. The number of methoxy groups -OCH3 is 1. The van der Waals surface area contributed by atoms with E-state index in [1.807, 2.05) is 41.0 Å². The molecule has 0 saturated heterocycles. The van der Waals surface area contributed by atoms with E-state index in [0.29, 0.717) is 27.4 Å². The van der Waals surface area contributed by atoms with Gasteiger partial charge in [0.2, 0.25) is 0 Å². The lowest BCUT2D eigenvalue weighted by molar-refractivity contribution is 0.415. The van der Waals surface area contributed by atoms with Crippen molar-refractivity contribution in [3.05, 3.63) is 80.6 Å². The second-order valence-corrected chi connectivity index (χ2v) is 6.91. The summed E-state index contributed by atoms with van der Waals surface area (Å²) in [6.45, 7) is 0. The average molecular weight is 396 g/mol. The predicted molar refractivity (Wildman–Crippen MR) is 111 cm³/mol. The minimum Gasteiger partial charge on any atom is -0.495 e. The highest BCUT2D eigenvalue weighted by molar-refractivity contribution is 6.32. The van der Waals surface area contributed by atoms with E-state index in [4.69, 9.17) is 16.3 Å². The van der Waals surface area contributed by atoms with Crippen molar-refractivity contribution in [3.63, 3.8) is 0 Å². The Morgan fingerprint density at radius 2 is 1.68 bits per heavy atom. The summed E-state index contributed by atoms with van der Waals surface area (Å²) in [5, 5.41) is 0.932. The second-order valence-electron chi connectivity index (χ2n) is 6.50. The molecule has 2 aromatic heterocycles. The van der Waals surface area contributed by atoms with Gasteiger partial charge in [-0.1, -0.05) is 41.9 Å². The lowest BCUT2D eigenvalue weighted by atomic mass is 10.1. The van der Waals surface area contributed by atoms with Crippen LogP contribution >= 0.6 is 11.6 Å². The number of halogens is 1. The van der Waals surface area contributed by atoms with Crippen molar-refractivity contribution in [2.45, 2.75) is 0 Å². The largest absolute Gasteiger partial charge is 0.495 e. The van der Waals surface area contributed by atoms with Crippen molar-refractivity contribution in [1.29, 1.82) is 0 Å². The van der Waals surface area contributed by atoms with Gasteiger partial charge in [-0.2, -0.15) is 0 Å². The minimum atomic E-state index is -0.373. The van der Waals surface area contributed by atoms with Gasteiger partial charge in [0.15, 0.2) is 0 Å². The van der Waals surface area contributed by atoms with Gasteiger partial charge in [0.25, 0.3) is 5.56 Å². The van der Waals surface area contributed by atoms with Crippen LogP contribution in [0.2, 0.25) is 5.02 Å². The summed E-state index contributed by atoms with van der Waals surface area (Å²) in [5.41, 5.74) is 2.17. The highest BCUT2D eigenvalue weighted by atomic mass is 35.5. The standard InChI is InChI=1S/C21H18ClN3O3/c1-23-16-12-25(14-9-10-17(28-3)15(22)11-14)19(13-7-5-4-6-8-13)18(16)20(26)24(2)21(23)27/h4-12H,1-3H3. The molecule has 0 fully saturated rings. The third-order valence-electron chi connectivity index (χ3n) is 4.90. The SMILES string of the molecule is COc1ccc(-n2cc3c(c2-c2ccccc2)c(=O)n(C)c(=O)n3C)cc1Cl. The van der Waals surface area contributed by atoms with E-state index in [-0.39, 0.29) is 11.2 Å². The van der Waals surface area contributed by atoms with Crippen LogP contribution in [-0.4, -0.2) is 20.8 Å². The molecule has 7 heteroatoms. The van der Waals surface area contributed by atoms with Crippen LogP contribution in [0.15, 0.2) is 64.3 Å². The third-order valence-corrected chi connectivity index (χ3v) is 5.20. The Hall–Kier alpha value is -3.25. The number of hydrogen-bond donors (Lipinski definition) is 0. The number of hydrogen-bond acceptors (Lipinski definition) is 3. The summed E-state index contributed by atoms with van der Waals surface area (Å²) in [5.74, 6) is 0.562. The molecule has 0 N–H and O–H groups in total. The third kappa shape index (κ3) is 2.65. The Kier molecular flexibility index (Phi) is 4.35. The van der Waals surface area contributed by atoms with Gasteiger partial charge in [-0.25, -0.2) is 4.79 Å². The molecule has 0 radical (unpaired) electrons. The van der Waals surface area contributed by atoms with Crippen LogP contribution in [-0.2, 0) is 14.1 Å². The first-order valence-corrected chi connectivity index (χ1v) is 9.02. The summed E-state index contributed by atoms with van der Waals surface area (Å²) in [4.78, 5) is 25.4. The van der Waals surface area contributed by atoms with Gasteiger partial charge >= 0.3 is 5.69 Å². The molecule has 6 nitrogen and oxygen atoms in total. The highest BCUT2D eigenvalue weighted by Gasteiger charge is 2.20. The van der Waals surface area contributed by atoms with Gasteiger partial charge in [0.05, 0.1) is 28.7 Å².